The lowest BCUT2D eigenvalue weighted by Gasteiger charge is -2.34. The average molecular weight is 674 g/mol. The molecule has 1 unspecified atom stereocenters. The summed E-state index contributed by atoms with van der Waals surface area (Å²) in [5.41, 5.74) is 2.70. The molecule has 0 spiro atoms. The molecule has 0 bridgehead atoms. The van der Waals surface area contributed by atoms with Gasteiger partial charge in [0.2, 0.25) is 11.8 Å². The smallest absolute Gasteiger partial charge is 0.264 e. The van der Waals surface area contributed by atoms with E-state index in [1.165, 1.54) is 24.1 Å². The molecule has 1 fully saturated rings. The van der Waals surface area contributed by atoms with Gasteiger partial charge in [0.1, 0.15) is 18.3 Å². The first-order valence-corrected chi connectivity index (χ1v) is 17.6. The molecule has 0 radical (unpaired) electrons. The molecule has 0 aliphatic heterocycles. The Morgan fingerprint density at radius 2 is 1.53 bits per heavy atom. The highest BCUT2D eigenvalue weighted by atomic mass is 35.5. The van der Waals surface area contributed by atoms with E-state index in [0.717, 1.165) is 41.1 Å². The quantitative estimate of drug-likeness (QED) is 0.174. The molecule has 1 aliphatic rings. The number of amides is 2. The van der Waals surface area contributed by atoms with Crippen molar-refractivity contribution in [1.29, 1.82) is 0 Å². The number of hydrogen-bond donors (Lipinski definition) is 1. The lowest BCUT2D eigenvalue weighted by molar-refractivity contribution is -0.140. The van der Waals surface area contributed by atoms with Crippen LogP contribution in [0.2, 0.25) is 5.02 Å². The molecule has 5 rings (SSSR count). The van der Waals surface area contributed by atoms with Gasteiger partial charge in [-0.2, -0.15) is 0 Å². The van der Waals surface area contributed by atoms with Crippen molar-refractivity contribution < 1.29 is 22.7 Å². The summed E-state index contributed by atoms with van der Waals surface area (Å²) in [6.07, 6.45) is 4.06. The first-order valence-electron chi connectivity index (χ1n) is 15.8. The maximum Gasteiger partial charge on any atom is 0.264 e. The van der Waals surface area contributed by atoms with Gasteiger partial charge in [-0.15, -0.1) is 0 Å². The summed E-state index contributed by atoms with van der Waals surface area (Å²) in [6.45, 7) is 1.33. The third kappa shape index (κ3) is 8.53. The number of sulfonamides is 1. The van der Waals surface area contributed by atoms with Crippen LogP contribution in [0, 0.1) is 6.92 Å². The van der Waals surface area contributed by atoms with Gasteiger partial charge < -0.3 is 15.0 Å². The second kappa shape index (κ2) is 15.5. The lowest BCUT2D eigenvalue weighted by atomic mass is 10.0. The Morgan fingerprint density at radius 3 is 2.17 bits per heavy atom. The SMILES string of the molecule is COc1ccc(N(CC(=O)N(Cc2ccccc2Cl)C(Cc2ccccc2)C(=O)NC2CCCC2)S(=O)(=O)c2ccc(C)cc2)cc1. The van der Waals surface area contributed by atoms with Gasteiger partial charge in [-0.1, -0.05) is 90.7 Å². The first kappa shape index (κ1) is 34.0. The second-order valence-corrected chi connectivity index (χ2v) is 14.1. The Kier molecular flexibility index (Phi) is 11.2. The third-order valence-electron chi connectivity index (χ3n) is 8.52. The predicted octanol–water partition coefficient (Wildman–Crippen LogP) is 6.55. The van der Waals surface area contributed by atoms with Crippen molar-refractivity contribution in [2.45, 2.75) is 62.6 Å². The molecular weight excluding hydrogens is 634 g/mol. The minimum Gasteiger partial charge on any atom is -0.497 e. The van der Waals surface area contributed by atoms with E-state index in [1.807, 2.05) is 43.3 Å². The monoisotopic (exact) mass is 673 g/mol. The van der Waals surface area contributed by atoms with E-state index in [0.29, 0.717) is 16.3 Å². The van der Waals surface area contributed by atoms with Crippen molar-refractivity contribution in [3.8, 4) is 5.75 Å². The highest BCUT2D eigenvalue weighted by molar-refractivity contribution is 7.92. The summed E-state index contributed by atoms with van der Waals surface area (Å²) < 4.78 is 34.8. The van der Waals surface area contributed by atoms with Crippen molar-refractivity contribution in [3.63, 3.8) is 0 Å². The van der Waals surface area contributed by atoms with Gasteiger partial charge in [0.25, 0.3) is 10.0 Å². The molecule has 4 aromatic carbocycles. The van der Waals surface area contributed by atoms with E-state index in [2.05, 4.69) is 5.32 Å². The number of anilines is 1. The van der Waals surface area contributed by atoms with E-state index in [-0.39, 0.29) is 35.5 Å². The number of benzene rings is 4. The van der Waals surface area contributed by atoms with Crippen molar-refractivity contribution >= 4 is 39.1 Å². The lowest BCUT2D eigenvalue weighted by Crippen LogP contribution is -2.54. The molecule has 4 aromatic rings. The van der Waals surface area contributed by atoms with Crippen LogP contribution in [0.5, 0.6) is 5.75 Å². The van der Waals surface area contributed by atoms with Crippen molar-refractivity contribution in [2.24, 2.45) is 0 Å². The minimum atomic E-state index is -4.21. The van der Waals surface area contributed by atoms with Crippen LogP contribution >= 0.6 is 11.6 Å². The molecular formula is C37H40ClN3O5S. The van der Waals surface area contributed by atoms with Gasteiger partial charge in [0, 0.05) is 24.0 Å². The number of rotatable bonds is 13. The van der Waals surface area contributed by atoms with Gasteiger partial charge >= 0.3 is 0 Å². The second-order valence-electron chi connectivity index (χ2n) is 11.8. The zero-order valence-corrected chi connectivity index (χ0v) is 28.2. The summed E-state index contributed by atoms with van der Waals surface area (Å²) in [5.74, 6) is -0.280. The van der Waals surface area contributed by atoms with E-state index in [1.54, 1.807) is 54.6 Å². The fraction of sp³-hybridized carbons (Fsp3) is 0.297. The summed E-state index contributed by atoms with van der Waals surface area (Å²) in [7, 11) is -2.68. The largest absolute Gasteiger partial charge is 0.497 e. The summed E-state index contributed by atoms with van der Waals surface area (Å²) in [5, 5.41) is 3.63. The number of carbonyl (C=O) groups excluding carboxylic acids is 2. The van der Waals surface area contributed by atoms with Gasteiger partial charge in [-0.25, -0.2) is 8.42 Å². The number of carbonyl (C=O) groups is 2. The maximum absolute atomic E-state index is 14.6. The zero-order valence-electron chi connectivity index (χ0n) is 26.6. The highest BCUT2D eigenvalue weighted by Crippen LogP contribution is 2.28. The predicted molar refractivity (Wildman–Crippen MR) is 185 cm³/mol. The first-order chi connectivity index (χ1) is 22.7. The number of nitrogens with one attached hydrogen (secondary N) is 1. The maximum atomic E-state index is 14.6. The fourth-order valence-electron chi connectivity index (χ4n) is 5.85. The van der Waals surface area contributed by atoms with Crippen LogP contribution in [-0.2, 0) is 32.6 Å². The van der Waals surface area contributed by atoms with Crippen molar-refractivity contribution in [2.75, 3.05) is 18.0 Å². The summed E-state index contributed by atoms with van der Waals surface area (Å²) in [4.78, 5) is 30.3. The Bertz CT molecular complexity index is 1760. The molecule has 246 valence electrons. The molecule has 1 N–H and O–H groups in total. The number of ether oxygens (including phenoxy) is 1. The molecule has 1 saturated carbocycles. The van der Waals surface area contributed by atoms with Gasteiger partial charge in [0.05, 0.1) is 17.7 Å². The number of aryl methyl sites for hydroxylation is 1. The molecule has 8 nitrogen and oxygen atoms in total. The molecule has 0 heterocycles. The standard InChI is InChI=1S/C37H40ClN3O5S/c1-27-16-22-33(23-17-27)47(44,45)41(31-18-20-32(46-2)21-19-31)26-36(42)40(25-29-12-6-9-15-34(29)38)35(24-28-10-4-3-5-11-28)37(43)39-30-13-7-8-14-30/h3-6,9-12,15-23,30,35H,7-8,13-14,24-26H2,1-2H3,(H,39,43). The average Bonchev–Trinajstić information content (AvgIpc) is 3.59. The van der Waals surface area contributed by atoms with E-state index in [4.69, 9.17) is 16.3 Å². The minimum absolute atomic E-state index is 0.00905. The van der Waals surface area contributed by atoms with Crippen LogP contribution in [0.15, 0.2) is 108 Å². The Balaban J connectivity index is 1.57. The van der Waals surface area contributed by atoms with Crippen LogP contribution in [-0.4, -0.2) is 50.9 Å². The summed E-state index contributed by atoms with van der Waals surface area (Å²) >= 11 is 6.59. The van der Waals surface area contributed by atoms with Gasteiger partial charge in [-0.3, -0.25) is 13.9 Å². The molecule has 10 heteroatoms. The molecule has 47 heavy (non-hydrogen) atoms. The van der Waals surface area contributed by atoms with E-state index >= 15 is 0 Å². The van der Waals surface area contributed by atoms with Crippen LogP contribution in [0.25, 0.3) is 0 Å². The molecule has 0 saturated heterocycles. The van der Waals surface area contributed by atoms with Crippen LogP contribution in [0.4, 0.5) is 5.69 Å². The van der Waals surface area contributed by atoms with Crippen LogP contribution in [0.3, 0.4) is 0 Å². The Morgan fingerprint density at radius 1 is 0.894 bits per heavy atom. The number of methoxy groups -OCH3 is 1. The van der Waals surface area contributed by atoms with E-state index in [9.17, 15) is 18.0 Å². The van der Waals surface area contributed by atoms with Gasteiger partial charge in [0.15, 0.2) is 0 Å². The number of halogens is 1. The fourth-order valence-corrected chi connectivity index (χ4v) is 7.46. The van der Waals surface area contributed by atoms with Gasteiger partial charge in [-0.05, 0) is 73.4 Å². The number of nitrogens with zero attached hydrogens (tertiary/aromatic N) is 2. The van der Waals surface area contributed by atoms with Crippen molar-refractivity contribution in [1.82, 2.24) is 10.2 Å². The topological polar surface area (TPSA) is 96.0 Å². The number of hydrogen-bond acceptors (Lipinski definition) is 5. The Labute approximate surface area is 282 Å². The molecule has 2 amide bonds. The highest BCUT2D eigenvalue weighted by Gasteiger charge is 2.35. The molecule has 1 aliphatic carbocycles. The van der Waals surface area contributed by atoms with Crippen LogP contribution < -0.4 is 14.4 Å². The van der Waals surface area contributed by atoms with E-state index < -0.39 is 28.5 Å². The normalized spacial score (nSPS) is 13.9. The van der Waals surface area contributed by atoms with Crippen LogP contribution in [0.1, 0.15) is 42.4 Å². The Hall–Kier alpha value is -4.34. The molecule has 1 atom stereocenters. The summed E-state index contributed by atoms with van der Waals surface area (Å²) in [6, 6.07) is 28.7. The molecule has 0 aromatic heterocycles. The third-order valence-corrected chi connectivity index (χ3v) is 10.7. The zero-order chi connectivity index (χ0) is 33.4. The van der Waals surface area contributed by atoms with Crippen molar-refractivity contribution in [3.05, 3.63) is 125 Å².